The normalized spacial score (nSPS) is 13.4. The molecule has 0 radical (unpaired) electrons. The zero-order valence-electron chi connectivity index (χ0n) is 11.8. The first kappa shape index (κ1) is 14.0. The Kier molecular flexibility index (Phi) is 5.00. The van der Waals surface area contributed by atoms with E-state index in [9.17, 15) is 0 Å². The van der Waals surface area contributed by atoms with Crippen LogP contribution in [-0.4, -0.2) is 28.5 Å². The van der Waals surface area contributed by atoms with Crippen molar-refractivity contribution >= 4 is 0 Å². The van der Waals surface area contributed by atoms with E-state index in [-0.39, 0.29) is 6.10 Å². The van der Waals surface area contributed by atoms with Crippen molar-refractivity contribution in [2.45, 2.75) is 46.8 Å². The molecular formula is C13H25N3O. The molecule has 0 fully saturated rings. The third-order valence-electron chi connectivity index (χ3n) is 2.70. The van der Waals surface area contributed by atoms with Crippen molar-refractivity contribution in [3.63, 3.8) is 0 Å². The SMILES string of the molecule is Cc1cc(OC(CNC(C)C)C(C)C)n(C)n1. The lowest BCUT2D eigenvalue weighted by atomic mass is 10.1. The zero-order valence-corrected chi connectivity index (χ0v) is 11.8. The van der Waals surface area contributed by atoms with Gasteiger partial charge in [-0.3, -0.25) is 0 Å². The molecule has 4 nitrogen and oxygen atoms in total. The number of rotatable bonds is 6. The van der Waals surface area contributed by atoms with Gasteiger partial charge in [-0.2, -0.15) is 5.10 Å². The van der Waals surface area contributed by atoms with Crippen LogP contribution < -0.4 is 10.1 Å². The van der Waals surface area contributed by atoms with Gasteiger partial charge in [-0.1, -0.05) is 27.7 Å². The van der Waals surface area contributed by atoms with Crippen molar-refractivity contribution in [1.82, 2.24) is 15.1 Å². The number of nitrogens with zero attached hydrogens (tertiary/aromatic N) is 2. The Morgan fingerprint density at radius 1 is 1.35 bits per heavy atom. The molecule has 0 amide bonds. The molecular weight excluding hydrogens is 214 g/mol. The Balaban J connectivity index is 2.63. The first-order valence-electron chi connectivity index (χ1n) is 6.30. The topological polar surface area (TPSA) is 39.1 Å². The second-order valence-electron chi connectivity index (χ2n) is 5.21. The molecule has 0 saturated heterocycles. The highest BCUT2D eigenvalue weighted by atomic mass is 16.5. The van der Waals surface area contributed by atoms with Crippen molar-refractivity contribution in [2.75, 3.05) is 6.54 Å². The number of hydrogen-bond acceptors (Lipinski definition) is 3. The van der Waals surface area contributed by atoms with Crippen LogP contribution in [0.4, 0.5) is 0 Å². The van der Waals surface area contributed by atoms with Crippen LogP contribution in [0.1, 0.15) is 33.4 Å². The van der Waals surface area contributed by atoms with E-state index in [4.69, 9.17) is 4.74 Å². The van der Waals surface area contributed by atoms with Gasteiger partial charge in [-0.15, -0.1) is 0 Å². The summed E-state index contributed by atoms with van der Waals surface area (Å²) in [5.74, 6) is 1.31. The molecule has 1 aromatic heterocycles. The average molecular weight is 239 g/mol. The lowest BCUT2D eigenvalue weighted by Gasteiger charge is -2.23. The maximum atomic E-state index is 6.02. The van der Waals surface area contributed by atoms with Crippen molar-refractivity contribution < 1.29 is 4.74 Å². The molecule has 1 rings (SSSR count). The van der Waals surface area contributed by atoms with E-state index in [0.717, 1.165) is 18.1 Å². The van der Waals surface area contributed by atoms with Crippen molar-refractivity contribution in [3.8, 4) is 5.88 Å². The minimum absolute atomic E-state index is 0.173. The van der Waals surface area contributed by atoms with Gasteiger partial charge in [0.25, 0.3) is 0 Å². The fraction of sp³-hybridized carbons (Fsp3) is 0.769. The summed E-state index contributed by atoms with van der Waals surface area (Å²) in [7, 11) is 1.91. The van der Waals surface area contributed by atoms with Gasteiger partial charge in [0.1, 0.15) is 6.10 Å². The zero-order chi connectivity index (χ0) is 13.0. The fourth-order valence-electron chi connectivity index (χ4n) is 1.62. The van der Waals surface area contributed by atoms with Crippen LogP contribution in [0.25, 0.3) is 0 Å². The predicted molar refractivity (Wildman–Crippen MR) is 70.3 cm³/mol. The molecule has 98 valence electrons. The first-order valence-corrected chi connectivity index (χ1v) is 6.30. The molecule has 1 aromatic rings. The Bertz CT molecular complexity index is 344. The number of aromatic nitrogens is 2. The molecule has 0 aromatic carbocycles. The van der Waals surface area contributed by atoms with Crippen molar-refractivity contribution in [3.05, 3.63) is 11.8 Å². The summed E-state index contributed by atoms with van der Waals surface area (Å²) in [6, 6.07) is 2.46. The Morgan fingerprint density at radius 2 is 2.00 bits per heavy atom. The quantitative estimate of drug-likeness (QED) is 0.826. The molecule has 17 heavy (non-hydrogen) atoms. The minimum Gasteiger partial charge on any atom is -0.473 e. The molecule has 0 spiro atoms. The van der Waals surface area contributed by atoms with Gasteiger partial charge in [-0.05, 0) is 12.8 Å². The van der Waals surface area contributed by atoms with E-state index in [0.29, 0.717) is 12.0 Å². The average Bonchev–Trinajstić information content (AvgIpc) is 2.51. The van der Waals surface area contributed by atoms with E-state index in [1.807, 2.05) is 20.0 Å². The van der Waals surface area contributed by atoms with Crippen LogP contribution in [0.15, 0.2) is 6.07 Å². The molecule has 4 heteroatoms. The highest BCUT2D eigenvalue weighted by Crippen LogP contribution is 2.16. The van der Waals surface area contributed by atoms with Crippen molar-refractivity contribution in [1.29, 1.82) is 0 Å². The van der Waals surface area contributed by atoms with Crippen LogP contribution in [0.2, 0.25) is 0 Å². The second-order valence-corrected chi connectivity index (χ2v) is 5.21. The van der Waals surface area contributed by atoms with Gasteiger partial charge in [0.15, 0.2) is 0 Å². The van der Waals surface area contributed by atoms with Gasteiger partial charge in [0, 0.05) is 25.7 Å². The van der Waals surface area contributed by atoms with Crippen LogP contribution in [0, 0.1) is 12.8 Å². The predicted octanol–water partition coefficient (Wildman–Crippen LogP) is 2.13. The van der Waals surface area contributed by atoms with Crippen LogP contribution in [-0.2, 0) is 7.05 Å². The Hall–Kier alpha value is -1.03. The maximum absolute atomic E-state index is 6.02. The van der Waals surface area contributed by atoms with Crippen LogP contribution in [0.5, 0.6) is 5.88 Å². The fourth-order valence-corrected chi connectivity index (χ4v) is 1.62. The summed E-state index contributed by atoms with van der Waals surface area (Å²) in [5.41, 5.74) is 0.988. The Labute approximate surface area is 104 Å². The molecule has 1 N–H and O–H groups in total. The standard InChI is InChI=1S/C13H25N3O/c1-9(2)12(8-14-10(3)4)17-13-7-11(5)15-16(13)6/h7,9-10,12,14H,8H2,1-6H3. The third kappa shape index (κ3) is 4.38. The monoisotopic (exact) mass is 239 g/mol. The molecule has 1 heterocycles. The highest BCUT2D eigenvalue weighted by molar-refractivity contribution is 5.14. The summed E-state index contributed by atoms with van der Waals surface area (Å²) < 4.78 is 7.81. The van der Waals surface area contributed by atoms with Gasteiger partial charge in [0.05, 0.1) is 5.69 Å². The Morgan fingerprint density at radius 3 is 2.41 bits per heavy atom. The molecule has 0 aliphatic carbocycles. The lowest BCUT2D eigenvalue weighted by molar-refractivity contribution is 0.134. The molecule has 1 atom stereocenters. The molecule has 0 aliphatic heterocycles. The van der Waals surface area contributed by atoms with Gasteiger partial charge in [0.2, 0.25) is 5.88 Å². The number of hydrogen-bond donors (Lipinski definition) is 1. The van der Waals surface area contributed by atoms with E-state index >= 15 is 0 Å². The molecule has 0 saturated carbocycles. The smallest absolute Gasteiger partial charge is 0.212 e. The van der Waals surface area contributed by atoms with Gasteiger partial charge >= 0.3 is 0 Å². The number of nitrogens with one attached hydrogen (secondary N) is 1. The second kappa shape index (κ2) is 6.05. The summed E-state index contributed by atoms with van der Waals surface area (Å²) in [6.07, 6.45) is 0.173. The molecule has 0 bridgehead atoms. The maximum Gasteiger partial charge on any atom is 0.212 e. The van der Waals surface area contributed by atoms with Gasteiger partial charge < -0.3 is 10.1 Å². The van der Waals surface area contributed by atoms with Crippen LogP contribution >= 0.6 is 0 Å². The first-order chi connectivity index (χ1) is 7.90. The summed E-state index contributed by atoms with van der Waals surface area (Å²) in [5, 5.41) is 7.71. The number of ether oxygens (including phenoxy) is 1. The summed E-state index contributed by atoms with van der Waals surface area (Å²) in [6.45, 7) is 11.5. The lowest BCUT2D eigenvalue weighted by Crippen LogP contribution is -2.38. The molecule has 0 aliphatic rings. The highest BCUT2D eigenvalue weighted by Gasteiger charge is 2.17. The largest absolute Gasteiger partial charge is 0.473 e. The third-order valence-corrected chi connectivity index (χ3v) is 2.70. The van der Waals surface area contributed by atoms with Crippen LogP contribution in [0.3, 0.4) is 0 Å². The molecule has 1 unspecified atom stereocenters. The van der Waals surface area contributed by atoms with E-state index in [1.54, 1.807) is 4.68 Å². The van der Waals surface area contributed by atoms with E-state index in [1.165, 1.54) is 0 Å². The van der Waals surface area contributed by atoms with E-state index < -0.39 is 0 Å². The van der Waals surface area contributed by atoms with Crippen molar-refractivity contribution in [2.24, 2.45) is 13.0 Å². The van der Waals surface area contributed by atoms with Gasteiger partial charge in [-0.25, -0.2) is 4.68 Å². The number of aryl methyl sites for hydroxylation is 2. The van der Waals surface area contributed by atoms with E-state index in [2.05, 4.69) is 38.1 Å². The summed E-state index contributed by atoms with van der Waals surface area (Å²) in [4.78, 5) is 0. The minimum atomic E-state index is 0.173. The summed E-state index contributed by atoms with van der Waals surface area (Å²) >= 11 is 0.